The lowest BCUT2D eigenvalue weighted by atomic mass is 9.99. The highest BCUT2D eigenvalue weighted by molar-refractivity contribution is 5.76. The molecule has 22 heavy (non-hydrogen) atoms. The predicted molar refractivity (Wildman–Crippen MR) is 72.6 cm³/mol. The van der Waals surface area contributed by atoms with Crippen molar-refractivity contribution in [3.63, 3.8) is 0 Å². The quantitative estimate of drug-likeness (QED) is 0.940. The van der Waals surface area contributed by atoms with Gasteiger partial charge in [0.05, 0.1) is 19.1 Å². The third-order valence-electron chi connectivity index (χ3n) is 3.04. The first kappa shape index (κ1) is 15.8. The van der Waals surface area contributed by atoms with Crippen molar-refractivity contribution in [2.75, 3.05) is 7.11 Å². The van der Waals surface area contributed by atoms with Crippen LogP contribution >= 0.6 is 0 Å². The summed E-state index contributed by atoms with van der Waals surface area (Å²) in [5, 5.41) is 8.94. The third-order valence-corrected chi connectivity index (χ3v) is 3.04. The zero-order valence-electron chi connectivity index (χ0n) is 11.5. The molecule has 0 radical (unpaired) electrons. The first-order valence-corrected chi connectivity index (χ1v) is 6.23. The molecule has 116 valence electrons. The van der Waals surface area contributed by atoms with Gasteiger partial charge in [-0.2, -0.15) is 13.2 Å². The number of alkyl halides is 3. The highest BCUT2D eigenvalue weighted by Gasteiger charge is 2.30. The summed E-state index contributed by atoms with van der Waals surface area (Å²) in [4.78, 5) is 14.9. The van der Waals surface area contributed by atoms with Crippen molar-refractivity contribution in [2.24, 2.45) is 0 Å². The van der Waals surface area contributed by atoms with Crippen molar-refractivity contribution in [1.29, 1.82) is 0 Å². The molecule has 7 heteroatoms. The van der Waals surface area contributed by atoms with Crippen LogP contribution in [0.5, 0.6) is 5.88 Å². The second-order valence-corrected chi connectivity index (χ2v) is 4.53. The smallest absolute Gasteiger partial charge is 0.416 e. The summed E-state index contributed by atoms with van der Waals surface area (Å²) < 4.78 is 42.6. The molecule has 0 amide bonds. The number of rotatable bonds is 4. The van der Waals surface area contributed by atoms with Crippen LogP contribution in [-0.4, -0.2) is 23.2 Å². The van der Waals surface area contributed by atoms with Crippen LogP contribution in [0.4, 0.5) is 13.2 Å². The van der Waals surface area contributed by atoms with Gasteiger partial charge in [-0.15, -0.1) is 0 Å². The highest BCUT2D eigenvalue weighted by Crippen LogP contribution is 2.32. The van der Waals surface area contributed by atoms with Gasteiger partial charge in [-0.25, -0.2) is 4.98 Å². The predicted octanol–water partition coefficient (Wildman–Crippen LogP) is 3.40. The summed E-state index contributed by atoms with van der Waals surface area (Å²) in [6.45, 7) is 0. The van der Waals surface area contributed by atoms with E-state index in [1.807, 2.05) is 0 Å². The van der Waals surface area contributed by atoms with Crippen LogP contribution in [0.1, 0.15) is 11.1 Å². The van der Waals surface area contributed by atoms with Gasteiger partial charge in [0, 0.05) is 17.8 Å². The van der Waals surface area contributed by atoms with Crippen LogP contribution in [0.3, 0.4) is 0 Å². The largest absolute Gasteiger partial charge is 0.481 e. The van der Waals surface area contributed by atoms with Gasteiger partial charge in [0.1, 0.15) is 0 Å². The average molecular weight is 311 g/mol. The number of halogens is 3. The third kappa shape index (κ3) is 3.55. The lowest BCUT2D eigenvalue weighted by Crippen LogP contribution is -2.05. The lowest BCUT2D eigenvalue weighted by Gasteiger charge is -2.11. The van der Waals surface area contributed by atoms with Crippen molar-refractivity contribution >= 4 is 5.97 Å². The number of ether oxygens (including phenoxy) is 1. The van der Waals surface area contributed by atoms with Crippen LogP contribution in [0, 0.1) is 0 Å². The standard InChI is InChI=1S/C15H12F3NO3/c1-22-13-6-10(7-14(20)21)12(8-19-13)9-2-4-11(5-3-9)15(16,17)18/h2-6,8H,7H2,1H3,(H,20,21). The molecular weight excluding hydrogens is 299 g/mol. The van der Waals surface area contributed by atoms with E-state index in [9.17, 15) is 18.0 Å². The molecule has 4 nitrogen and oxygen atoms in total. The maximum atomic E-state index is 12.6. The van der Waals surface area contributed by atoms with E-state index in [2.05, 4.69) is 4.98 Å². The average Bonchev–Trinajstić information content (AvgIpc) is 2.46. The molecule has 2 aromatic rings. The maximum Gasteiger partial charge on any atom is 0.416 e. The first-order chi connectivity index (χ1) is 10.3. The second kappa shape index (κ2) is 6.05. The SMILES string of the molecule is COc1cc(CC(=O)O)c(-c2ccc(C(F)(F)F)cc2)cn1. The minimum atomic E-state index is -4.42. The normalized spacial score (nSPS) is 11.3. The minimum absolute atomic E-state index is 0.243. The van der Waals surface area contributed by atoms with Crippen molar-refractivity contribution in [3.05, 3.63) is 47.7 Å². The Labute approximate surface area is 124 Å². The molecule has 1 aromatic heterocycles. The van der Waals surface area contributed by atoms with Crippen molar-refractivity contribution in [3.8, 4) is 17.0 Å². The Morgan fingerprint density at radius 3 is 2.41 bits per heavy atom. The molecule has 0 aliphatic carbocycles. The Bertz CT molecular complexity index is 681. The van der Waals surface area contributed by atoms with E-state index in [4.69, 9.17) is 9.84 Å². The number of benzene rings is 1. The summed E-state index contributed by atoms with van der Waals surface area (Å²) in [7, 11) is 1.39. The number of pyridine rings is 1. The number of hydrogen-bond donors (Lipinski definition) is 1. The van der Waals surface area contributed by atoms with E-state index >= 15 is 0 Å². The van der Waals surface area contributed by atoms with Gasteiger partial charge in [-0.05, 0) is 23.3 Å². The molecule has 0 saturated heterocycles. The number of hydrogen-bond acceptors (Lipinski definition) is 3. The maximum absolute atomic E-state index is 12.6. The number of carboxylic acids is 1. The van der Waals surface area contributed by atoms with Crippen LogP contribution < -0.4 is 4.74 Å². The van der Waals surface area contributed by atoms with Crippen molar-refractivity contribution < 1.29 is 27.8 Å². The van der Waals surface area contributed by atoms with Gasteiger partial charge in [-0.1, -0.05) is 12.1 Å². The van der Waals surface area contributed by atoms with Crippen LogP contribution in [0.2, 0.25) is 0 Å². The zero-order valence-corrected chi connectivity index (χ0v) is 11.5. The molecule has 0 unspecified atom stereocenters. The second-order valence-electron chi connectivity index (χ2n) is 4.53. The Balaban J connectivity index is 2.45. The summed E-state index contributed by atoms with van der Waals surface area (Å²) in [6, 6.07) is 5.94. The number of aromatic nitrogens is 1. The molecule has 0 spiro atoms. The van der Waals surface area contributed by atoms with Crippen molar-refractivity contribution in [2.45, 2.75) is 12.6 Å². The van der Waals surface area contributed by atoms with Gasteiger partial charge in [0.2, 0.25) is 5.88 Å². The highest BCUT2D eigenvalue weighted by atomic mass is 19.4. The Morgan fingerprint density at radius 1 is 1.27 bits per heavy atom. The Morgan fingerprint density at radius 2 is 1.91 bits per heavy atom. The summed E-state index contributed by atoms with van der Waals surface area (Å²) >= 11 is 0. The number of nitrogens with zero attached hydrogens (tertiary/aromatic N) is 1. The number of carboxylic acid groups (broad SMARTS) is 1. The molecule has 0 saturated carbocycles. The van der Waals surface area contributed by atoms with Crippen LogP contribution in [0.15, 0.2) is 36.5 Å². The minimum Gasteiger partial charge on any atom is -0.481 e. The van der Waals surface area contributed by atoms with E-state index in [-0.39, 0.29) is 12.3 Å². The van der Waals surface area contributed by atoms with E-state index in [1.165, 1.54) is 31.5 Å². The molecule has 0 aliphatic heterocycles. The molecule has 1 aromatic carbocycles. The monoisotopic (exact) mass is 311 g/mol. The van der Waals surface area contributed by atoms with Gasteiger partial charge >= 0.3 is 12.1 Å². The number of carbonyl (C=O) groups is 1. The summed E-state index contributed by atoms with van der Waals surface area (Å²) in [6.07, 6.45) is -3.31. The fourth-order valence-corrected chi connectivity index (χ4v) is 1.99. The van der Waals surface area contributed by atoms with E-state index in [0.29, 0.717) is 16.7 Å². The summed E-state index contributed by atoms with van der Waals surface area (Å²) in [5.74, 6) is -0.812. The number of aliphatic carboxylic acids is 1. The fourth-order valence-electron chi connectivity index (χ4n) is 1.99. The van der Waals surface area contributed by atoms with Gasteiger partial charge < -0.3 is 9.84 Å². The fraction of sp³-hybridized carbons (Fsp3) is 0.200. The van der Waals surface area contributed by atoms with E-state index in [0.717, 1.165) is 12.1 Å². The molecular formula is C15H12F3NO3. The van der Waals surface area contributed by atoms with Crippen LogP contribution in [0.25, 0.3) is 11.1 Å². The Kier molecular flexibility index (Phi) is 4.35. The summed E-state index contributed by atoms with van der Waals surface area (Å²) in [5.41, 5.74) is 0.563. The van der Waals surface area contributed by atoms with Crippen LogP contribution in [-0.2, 0) is 17.4 Å². The van der Waals surface area contributed by atoms with Gasteiger partial charge in [0.25, 0.3) is 0 Å². The first-order valence-electron chi connectivity index (χ1n) is 6.23. The van der Waals surface area contributed by atoms with E-state index in [1.54, 1.807) is 0 Å². The van der Waals surface area contributed by atoms with Gasteiger partial charge in [-0.3, -0.25) is 4.79 Å². The Hall–Kier alpha value is -2.57. The topological polar surface area (TPSA) is 59.4 Å². The van der Waals surface area contributed by atoms with E-state index < -0.39 is 17.7 Å². The molecule has 0 fully saturated rings. The molecule has 0 aliphatic rings. The van der Waals surface area contributed by atoms with Crippen molar-refractivity contribution in [1.82, 2.24) is 4.98 Å². The zero-order chi connectivity index (χ0) is 16.3. The molecule has 1 N–H and O–H groups in total. The molecule has 1 heterocycles. The molecule has 0 bridgehead atoms. The molecule has 2 rings (SSSR count). The lowest BCUT2D eigenvalue weighted by molar-refractivity contribution is -0.138. The number of methoxy groups -OCH3 is 1. The van der Waals surface area contributed by atoms with Gasteiger partial charge in [0.15, 0.2) is 0 Å². The molecule has 0 atom stereocenters.